The van der Waals surface area contributed by atoms with E-state index in [1.165, 1.54) is 12.4 Å². The molecule has 58 heavy (non-hydrogen) atoms. The Balaban J connectivity index is 0.000000169. The van der Waals surface area contributed by atoms with Crippen molar-refractivity contribution in [1.29, 1.82) is 0 Å². The van der Waals surface area contributed by atoms with Crippen molar-refractivity contribution in [2.75, 3.05) is 0 Å². The van der Waals surface area contributed by atoms with Crippen LogP contribution in [0.25, 0.3) is 84.6 Å². The maximum atomic E-state index is 5.65. The van der Waals surface area contributed by atoms with Crippen LogP contribution in [0.15, 0.2) is 147 Å². The van der Waals surface area contributed by atoms with E-state index in [2.05, 4.69) is 77.0 Å². The largest absolute Gasteiger partial charge is 0.405 e. The molecule has 16 nitrogen and oxygen atoms in total. The molecule has 0 amide bonds. The summed E-state index contributed by atoms with van der Waals surface area (Å²) in [5.74, 6) is 0. The highest BCUT2D eigenvalue weighted by Gasteiger charge is 2.12. The molecule has 0 radical (unpaired) electrons. The molecule has 0 aliphatic carbocycles. The Bertz CT molecular complexity index is 2640. The molecule has 2 aromatic carbocycles. The smallest absolute Gasteiger partial charge is 0.106 e. The van der Waals surface area contributed by atoms with Crippen molar-refractivity contribution in [3.8, 4) is 79.1 Å². The van der Waals surface area contributed by atoms with Crippen molar-refractivity contribution in [2.24, 2.45) is 11.5 Å². The van der Waals surface area contributed by atoms with Crippen molar-refractivity contribution in [3.05, 3.63) is 153 Å². The first-order valence-electron chi connectivity index (χ1n) is 18.2. The van der Waals surface area contributed by atoms with E-state index >= 15 is 0 Å². The number of hydrogen-bond donors (Lipinski definition) is 6. The highest BCUT2D eigenvalue weighted by molar-refractivity contribution is 5.77. The normalized spacial score (nSPS) is 11.1. The van der Waals surface area contributed by atoms with E-state index in [4.69, 9.17) is 11.5 Å². The van der Waals surface area contributed by atoms with Gasteiger partial charge in [-0.05, 0) is 54.7 Å². The van der Waals surface area contributed by atoms with E-state index < -0.39 is 0 Å². The highest BCUT2D eigenvalue weighted by Crippen LogP contribution is 2.30. The third-order valence-corrected chi connectivity index (χ3v) is 8.56. The van der Waals surface area contributed by atoms with Crippen LogP contribution in [-0.2, 0) is 0 Å². The minimum Gasteiger partial charge on any atom is -0.405 e. The SMILES string of the molecule is CC.N/C=C\C(=C/N)c1cc(-c2cccc(-c3cc(-c4ccnnc4)n[nH]3)c2)[nH]n1.c1cc(-c2cc(-c3cnccn3)[nH]n2)cc(-c2cc(-c3cnccn3)[nH]n2)c1. The fourth-order valence-corrected chi connectivity index (χ4v) is 5.78. The van der Waals surface area contributed by atoms with Gasteiger partial charge in [0.05, 0.1) is 70.3 Å². The lowest BCUT2D eigenvalue weighted by atomic mass is 10.0. The Labute approximate surface area is 332 Å². The zero-order valence-corrected chi connectivity index (χ0v) is 31.5. The van der Waals surface area contributed by atoms with E-state index in [1.807, 2.05) is 86.6 Å². The monoisotopic (exact) mass is 766 g/mol. The average Bonchev–Trinajstić information content (AvgIpc) is 4.16. The van der Waals surface area contributed by atoms with Crippen LogP contribution in [0.4, 0.5) is 0 Å². The fourth-order valence-electron chi connectivity index (χ4n) is 5.78. The van der Waals surface area contributed by atoms with E-state index in [9.17, 15) is 0 Å². The quantitative estimate of drug-likeness (QED) is 0.0806. The Morgan fingerprint density at radius 2 is 1.00 bits per heavy atom. The summed E-state index contributed by atoms with van der Waals surface area (Å²) in [6.07, 6.45) is 17.9. The second-order valence-electron chi connectivity index (χ2n) is 12.1. The molecule has 8 N–H and O–H groups in total. The van der Waals surface area contributed by atoms with Crippen molar-refractivity contribution in [3.63, 3.8) is 0 Å². The molecule has 0 bridgehead atoms. The van der Waals surface area contributed by atoms with E-state index in [0.717, 1.165) is 90.3 Å². The lowest BCUT2D eigenvalue weighted by molar-refractivity contribution is 1.03. The first kappa shape index (κ1) is 37.9. The molecule has 0 spiro atoms. The molecule has 0 atom stereocenters. The van der Waals surface area contributed by atoms with Gasteiger partial charge in [-0.25, -0.2) is 0 Å². The predicted molar refractivity (Wildman–Crippen MR) is 223 cm³/mol. The number of rotatable bonds is 9. The van der Waals surface area contributed by atoms with Gasteiger partial charge in [0.15, 0.2) is 0 Å². The summed E-state index contributed by atoms with van der Waals surface area (Å²) < 4.78 is 0. The number of benzene rings is 2. The van der Waals surface area contributed by atoms with E-state index in [-0.39, 0.29) is 0 Å². The van der Waals surface area contributed by atoms with Gasteiger partial charge in [-0.15, -0.1) is 0 Å². The Morgan fingerprint density at radius 1 is 0.483 bits per heavy atom. The molecule has 0 unspecified atom stereocenters. The van der Waals surface area contributed by atoms with Crippen LogP contribution >= 0.6 is 0 Å². The molecule has 0 aliphatic rings. The second kappa shape index (κ2) is 18.3. The highest BCUT2D eigenvalue weighted by atomic mass is 15.1. The summed E-state index contributed by atoms with van der Waals surface area (Å²) in [6.45, 7) is 4.00. The number of aromatic amines is 4. The van der Waals surface area contributed by atoms with E-state index in [0.29, 0.717) is 0 Å². The number of nitrogens with one attached hydrogen (secondary N) is 4. The van der Waals surface area contributed by atoms with Crippen molar-refractivity contribution >= 4 is 5.57 Å². The van der Waals surface area contributed by atoms with Crippen molar-refractivity contribution in [1.82, 2.24) is 70.9 Å². The lowest BCUT2D eigenvalue weighted by Gasteiger charge is -2.01. The molecule has 0 fully saturated rings. The average molecular weight is 767 g/mol. The van der Waals surface area contributed by atoms with Crippen molar-refractivity contribution < 1.29 is 0 Å². The zero-order chi connectivity index (χ0) is 40.1. The number of aromatic nitrogens is 14. The number of hydrogen-bond acceptors (Lipinski definition) is 12. The van der Waals surface area contributed by atoms with Crippen LogP contribution in [0.5, 0.6) is 0 Å². The van der Waals surface area contributed by atoms with Gasteiger partial charge in [-0.1, -0.05) is 50.2 Å². The summed E-state index contributed by atoms with van der Waals surface area (Å²) >= 11 is 0. The second-order valence-corrected chi connectivity index (χ2v) is 12.1. The molecular formula is C42H38N16. The molecule has 0 saturated carbocycles. The summed E-state index contributed by atoms with van der Waals surface area (Å²) in [5, 5.41) is 37.3. The number of H-pyrrole nitrogens is 4. The summed E-state index contributed by atoms with van der Waals surface area (Å²) in [6, 6.07) is 25.8. The molecule has 7 heterocycles. The lowest BCUT2D eigenvalue weighted by Crippen LogP contribution is -1.88. The molecule has 16 heteroatoms. The predicted octanol–water partition coefficient (Wildman–Crippen LogP) is 7.10. The Morgan fingerprint density at radius 3 is 1.53 bits per heavy atom. The van der Waals surface area contributed by atoms with Gasteiger partial charge in [0.2, 0.25) is 0 Å². The molecule has 9 aromatic rings. The van der Waals surface area contributed by atoms with Gasteiger partial charge < -0.3 is 11.5 Å². The third kappa shape index (κ3) is 8.76. The van der Waals surface area contributed by atoms with Crippen LogP contribution in [0.1, 0.15) is 19.5 Å². The van der Waals surface area contributed by atoms with Crippen LogP contribution in [0.2, 0.25) is 0 Å². The molecule has 9 rings (SSSR count). The number of allylic oxidation sites excluding steroid dienone is 2. The minimum atomic E-state index is 0.721. The van der Waals surface area contributed by atoms with Crippen LogP contribution in [0.3, 0.4) is 0 Å². The molecule has 0 aliphatic heterocycles. The first-order chi connectivity index (χ1) is 28.6. The zero-order valence-electron chi connectivity index (χ0n) is 31.5. The van der Waals surface area contributed by atoms with Crippen LogP contribution in [-0.4, -0.2) is 70.9 Å². The summed E-state index contributed by atoms with van der Waals surface area (Å²) in [5.41, 5.74) is 24.8. The topological polar surface area (TPSA) is 244 Å². The standard InChI is InChI=1S/C20H14N8.C20H18N8.C2H6/c1-2-13(15-9-17(27-25-15)19-11-21-4-6-23-19)8-14(3-1)16-10-18(28-26-16)20-12-22-5-7-24-20;21-6-4-15(11-22)19-9-17(25-27-19)13-2-1-3-14(8-13)18-10-20(28-26-18)16-5-7-23-24-12-16;1-2/h1-12H,(H,25,27)(H,26,28);1-12H,21-22H2,(H,25,27)(H,26,28);1-2H3/b;6-4-,15-11+;. The molecule has 286 valence electrons. The van der Waals surface area contributed by atoms with Gasteiger partial charge in [-0.2, -0.15) is 30.6 Å². The van der Waals surface area contributed by atoms with Gasteiger partial charge in [-0.3, -0.25) is 40.3 Å². The van der Waals surface area contributed by atoms with Gasteiger partial charge in [0.25, 0.3) is 0 Å². The number of nitrogens with zero attached hydrogens (tertiary/aromatic N) is 10. The van der Waals surface area contributed by atoms with Crippen LogP contribution < -0.4 is 11.5 Å². The third-order valence-electron chi connectivity index (χ3n) is 8.56. The van der Waals surface area contributed by atoms with E-state index in [1.54, 1.807) is 55.7 Å². The molecule has 7 aromatic heterocycles. The minimum absolute atomic E-state index is 0.721. The maximum absolute atomic E-state index is 5.65. The summed E-state index contributed by atoms with van der Waals surface area (Å²) in [7, 11) is 0. The molecular weight excluding hydrogens is 729 g/mol. The fraction of sp³-hybridized carbons (Fsp3) is 0.0476. The van der Waals surface area contributed by atoms with Gasteiger partial charge in [0.1, 0.15) is 11.4 Å². The van der Waals surface area contributed by atoms with Crippen LogP contribution in [0, 0.1) is 0 Å². The number of nitrogens with two attached hydrogens (primary N) is 2. The summed E-state index contributed by atoms with van der Waals surface area (Å²) in [4.78, 5) is 16.8. The first-order valence-corrected chi connectivity index (χ1v) is 18.2. The van der Waals surface area contributed by atoms with Gasteiger partial charge in [0, 0.05) is 64.4 Å². The Kier molecular flexibility index (Phi) is 11.9. The Hall–Kier alpha value is -8.40. The molecule has 0 saturated heterocycles. The maximum Gasteiger partial charge on any atom is 0.106 e. The van der Waals surface area contributed by atoms with Gasteiger partial charge >= 0.3 is 0 Å². The van der Waals surface area contributed by atoms with Crippen molar-refractivity contribution in [2.45, 2.75) is 13.8 Å².